The van der Waals surface area contributed by atoms with E-state index in [1.807, 2.05) is 11.8 Å². The highest BCUT2D eigenvalue weighted by Gasteiger charge is 2.34. The minimum Gasteiger partial charge on any atom is -0.339 e. The van der Waals surface area contributed by atoms with Crippen LogP contribution < -0.4 is 0 Å². The second-order valence-corrected chi connectivity index (χ2v) is 8.22. The van der Waals surface area contributed by atoms with Crippen molar-refractivity contribution in [2.24, 2.45) is 0 Å². The zero-order valence-corrected chi connectivity index (χ0v) is 16.5. The summed E-state index contributed by atoms with van der Waals surface area (Å²) in [6.45, 7) is 2.76. The molecular formula is C18H20F3N3OS2. The predicted octanol–water partition coefficient (Wildman–Crippen LogP) is 5.11. The molecule has 2 aromatic rings. The Labute approximate surface area is 164 Å². The van der Waals surface area contributed by atoms with Gasteiger partial charge in [0.15, 0.2) is 5.16 Å². The van der Waals surface area contributed by atoms with Gasteiger partial charge in [0, 0.05) is 12.6 Å². The molecule has 3 rings (SSSR count). The largest absolute Gasteiger partial charge is 0.433 e. The van der Waals surface area contributed by atoms with Gasteiger partial charge in [0.2, 0.25) is 5.91 Å². The Bertz CT molecular complexity index is 781. The summed E-state index contributed by atoms with van der Waals surface area (Å²) in [5, 5.41) is 1.76. The van der Waals surface area contributed by atoms with Gasteiger partial charge in [-0.1, -0.05) is 24.8 Å². The molecule has 0 aromatic carbocycles. The number of carbonyl (C=O) groups is 1. The number of nitrogens with zero attached hydrogens (tertiary/aromatic N) is 3. The third-order valence-corrected chi connectivity index (χ3v) is 6.24. The molecule has 146 valence electrons. The minimum atomic E-state index is -4.56. The molecular weight excluding hydrogens is 395 g/mol. The van der Waals surface area contributed by atoms with Crippen LogP contribution in [-0.2, 0) is 11.0 Å². The summed E-state index contributed by atoms with van der Waals surface area (Å²) in [6.07, 6.45) is -0.616. The van der Waals surface area contributed by atoms with Crippen LogP contribution in [0.5, 0.6) is 0 Å². The minimum absolute atomic E-state index is 0.0216. The number of likely N-dealkylation sites (tertiary alicyclic amines) is 1. The van der Waals surface area contributed by atoms with Gasteiger partial charge < -0.3 is 4.90 Å². The Balaban J connectivity index is 1.77. The maximum Gasteiger partial charge on any atom is 0.433 e. The standard InChI is InChI=1S/C18H20F3N3OS2/c1-2-12-6-3-4-8-24(12)16(25)11-27-17-22-13(14-7-5-9-26-14)10-15(23-17)18(19,20)21/h5,7,9-10,12H,2-4,6,8,11H2,1H3/t12-/m1/s1. The molecule has 1 amide bonds. The van der Waals surface area contributed by atoms with Crippen LogP contribution in [0.15, 0.2) is 28.7 Å². The molecule has 1 saturated heterocycles. The summed E-state index contributed by atoms with van der Waals surface area (Å²) in [6, 6.07) is 4.64. The second kappa shape index (κ2) is 8.60. The van der Waals surface area contributed by atoms with Gasteiger partial charge in [0.25, 0.3) is 0 Å². The Morgan fingerprint density at radius 1 is 1.37 bits per heavy atom. The molecule has 0 bridgehead atoms. The molecule has 3 heterocycles. The number of halogens is 3. The van der Waals surface area contributed by atoms with Crippen molar-refractivity contribution < 1.29 is 18.0 Å². The van der Waals surface area contributed by atoms with Gasteiger partial charge in [0.1, 0.15) is 5.69 Å². The Hall–Kier alpha value is -1.61. The number of amides is 1. The fraction of sp³-hybridized carbons (Fsp3) is 0.500. The summed E-state index contributed by atoms with van der Waals surface area (Å²) < 4.78 is 39.6. The lowest BCUT2D eigenvalue weighted by Crippen LogP contribution is -2.44. The summed E-state index contributed by atoms with van der Waals surface area (Å²) in [4.78, 5) is 22.9. The van der Waals surface area contributed by atoms with Crippen LogP contribution in [-0.4, -0.2) is 39.1 Å². The SMILES string of the molecule is CC[C@@H]1CCCCN1C(=O)CSc1nc(-c2cccs2)cc(C(F)(F)F)n1. The number of aromatic nitrogens is 2. The third-order valence-electron chi connectivity index (χ3n) is 4.51. The van der Waals surface area contributed by atoms with Crippen molar-refractivity contribution >= 4 is 29.0 Å². The number of piperidine rings is 1. The molecule has 2 aromatic heterocycles. The Kier molecular flexibility index (Phi) is 6.41. The first-order valence-electron chi connectivity index (χ1n) is 8.81. The van der Waals surface area contributed by atoms with Crippen LogP contribution in [0.3, 0.4) is 0 Å². The highest BCUT2D eigenvalue weighted by molar-refractivity contribution is 7.99. The highest BCUT2D eigenvalue weighted by Crippen LogP contribution is 2.33. The molecule has 1 atom stereocenters. The van der Waals surface area contributed by atoms with E-state index in [1.54, 1.807) is 17.5 Å². The quantitative estimate of drug-likeness (QED) is 0.503. The summed E-state index contributed by atoms with van der Waals surface area (Å²) in [5.41, 5.74) is -0.757. The molecule has 0 saturated carbocycles. The molecule has 0 spiro atoms. The number of carbonyl (C=O) groups excluding carboxylic acids is 1. The van der Waals surface area contributed by atoms with Gasteiger partial charge >= 0.3 is 6.18 Å². The number of rotatable bonds is 5. The van der Waals surface area contributed by atoms with Crippen LogP contribution in [0, 0.1) is 0 Å². The van der Waals surface area contributed by atoms with Crippen molar-refractivity contribution in [2.75, 3.05) is 12.3 Å². The highest BCUT2D eigenvalue weighted by atomic mass is 32.2. The first-order valence-corrected chi connectivity index (χ1v) is 10.7. The fourth-order valence-corrected chi connectivity index (χ4v) is 4.58. The number of thioether (sulfide) groups is 1. The number of thiophene rings is 1. The number of alkyl halides is 3. The molecule has 0 aliphatic carbocycles. The summed E-state index contributed by atoms with van der Waals surface area (Å²) in [7, 11) is 0. The van der Waals surface area contributed by atoms with E-state index in [0.717, 1.165) is 43.5 Å². The smallest absolute Gasteiger partial charge is 0.339 e. The molecule has 0 unspecified atom stereocenters. The normalized spacial score (nSPS) is 17.9. The van der Waals surface area contributed by atoms with E-state index in [2.05, 4.69) is 9.97 Å². The van der Waals surface area contributed by atoms with Gasteiger partial charge in [0.05, 0.1) is 16.3 Å². The van der Waals surface area contributed by atoms with E-state index in [0.29, 0.717) is 11.4 Å². The van der Waals surface area contributed by atoms with Crippen LogP contribution >= 0.6 is 23.1 Å². The first kappa shape index (κ1) is 20.1. The lowest BCUT2D eigenvalue weighted by molar-refractivity contribution is -0.141. The molecule has 1 fully saturated rings. The van der Waals surface area contributed by atoms with Gasteiger partial charge in [-0.15, -0.1) is 11.3 Å². The van der Waals surface area contributed by atoms with Crippen molar-refractivity contribution in [3.8, 4) is 10.6 Å². The van der Waals surface area contributed by atoms with Crippen LogP contribution in [0.25, 0.3) is 10.6 Å². The topological polar surface area (TPSA) is 46.1 Å². The van der Waals surface area contributed by atoms with Gasteiger partial charge in [-0.2, -0.15) is 13.2 Å². The van der Waals surface area contributed by atoms with E-state index in [1.165, 1.54) is 11.3 Å². The molecule has 27 heavy (non-hydrogen) atoms. The summed E-state index contributed by atoms with van der Waals surface area (Å²) in [5.74, 6) is -0.0213. The van der Waals surface area contributed by atoms with Crippen molar-refractivity contribution in [1.29, 1.82) is 0 Å². The van der Waals surface area contributed by atoms with E-state index >= 15 is 0 Å². The third kappa shape index (κ3) is 5.01. The Morgan fingerprint density at radius 2 is 2.19 bits per heavy atom. The summed E-state index contributed by atoms with van der Waals surface area (Å²) >= 11 is 2.28. The van der Waals surface area contributed by atoms with Crippen molar-refractivity contribution in [1.82, 2.24) is 14.9 Å². The zero-order valence-electron chi connectivity index (χ0n) is 14.8. The van der Waals surface area contributed by atoms with Crippen molar-refractivity contribution in [2.45, 2.75) is 50.0 Å². The monoisotopic (exact) mass is 415 g/mol. The zero-order chi connectivity index (χ0) is 19.4. The van der Waals surface area contributed by atoms with Gasteiger partial charge in [-0.3, -0.25) is 4.79 Å². The average Bonchev–Trinajstić information content (AvgIpc) is 3.20. The molecule has 1 aliphatic rings. The van der Waals surface area contributed by atoms with E-state index in [4.69, 9.17) is 0 Å². The lowest BCUT2D eigenvalue weighted by Gasteiger charge is -2.35. The van der Waals surface area contributed by atoms with E-state index in [-0.39, 0.29) is 28.6 Å². The fourth-order valence-electron chi connectivity index (χ4n) is 3.15. The molecule has 0 radical (unpaired) electrons. The van der Waals surface area contributed by atoms with Crippen LogP contribution in [0.2, 0.25) is 0 Å². The maximum absolute atomic E-state index is 13.2. The van der Waals surface area contributed by atoms with Gasteiger partial charge in [-0.05, 0) is 43.2 Å². The first-order chi connectivity index (χ1) is 12.9. The van der Waals surface area contributed by atoms with Crippen molar-refractivity contribution in [3.63, 3.8) is 0 Å². The van der Waals surface area contributed by atoms with E-state index in [9.17, 15) is 18.0 Å². The number of hydrogen-bond acceptors (Lipinski definition) is 5. The number of hydrogen-bond donors (Lipinski definition) is 0. The molecule has 1 aliphatic heterocycles. The molecule has 0 N–H and O–H groups in total. The molecule has 4 nitrogen and oxygen atoms in total. The second-order valence-electron chi connectivity index (χ2n) is 6.33. The molecule has 9 heteroatoms. The van der Waals surface area contributed by atoms with Gasteiger partial charge in [-0.25, -0.2) is 9.97 Å². The maximum atomic E-state index is 13.2. The van der Waals surface area contributed by atoms with Crippen molar-refractivity contribution in [3.05, 3.63) is 29.3 Å². The van der Waals surface area contributed by atoms with Crippen LogP contribution in [0.4, 0.5) is 13.2 Å². The lowest BCUT2D eigenvalue weighted by atomic mass is 10.0. The Morgan fingerprint density at radius 3 is 2.85 bits per heavy atom. The average molecular weight is 416 g/mol. The van der Waals surface area contributed by atoms with Crippen LogP contribution in [0.1, 0.15) is 38.3 Å². The predicted molar refractivity (Wildman–Crippen MR) is 101 cm³/mol. The van der Waals surface area contributed by atoms with E-state index < -0.39 is 11.9 Å².